The summed E-state index contributed by atoms with van der Waals surface area (Å²) in [5, 5.41) is 3.45. The molecule has 21 heavy (non-hydrogen) atoms. The Labute approximate surface area is 125 Å². The number of benzene rings is 2. The molecule has 1 aliphatic carbocycles. The standard InChI is InChI=1S/C18H21NO2/c1-19-18(17-10-12-6-4-5-7-16(12)17)13-8-14(20-2)11-15(9-13)21-3/h4-9,11,17-19H,10H2,1-3H3. The topological polar surface area (TPSA) is 30.5 Å². The number of ether oxygens (including phenoxy) is 2. The van der Waals surface area contributed by atoms with Crippen LogP contribution in [-0.4, -0.2) is 21.3 Å². The van der Waals surface area contributed by atoms with E-state index in [-0.39, 0.29) is 6.04 Å². The molecule has 0 fully saturated rings. The van der Waals surface area contributed by atoms with E-state index in [1.807, 2.05) is 13.1 Å². The summed E-state index contributed by atoms with van der Waals surface area (Å²) in [6.45, 7) is 0. The van der Waals surface area contributed by atoms with Crippen LogP contribution in [0.25, 0.3) is 0 Å². The molecule has 2 atom stereocenters. The number of hydrogen-bond donors (Lipinski definition) is 1. The summed E-state index contributed by atoms with van der Waals surface area (Å²) in [6.07, 6.45) is 1.11. The maximum absolute atomic E-state index is 5.39. The Kier molecular flexibility index (Phi) is 3.84. The first kappa shape index (κ1) is 14.0. The van der Waals surface area contributed by atoms with Crippen LogP contribution in [0.5, 0.6) is 11.5 Å². The van der Waals surface area contributed by atoms with Crippen LogP contribution < -0.4 is 14.8 Å². The lowest BCUT2D eigenvalue weighted by molar-refractivity contribution is 0.387. The van der Waals surface area contributed by atoms with Gasteiger partial charge in [0, 0.05) is 18.0 Å². The van der Waals surface area contributed by atoms with Gasteiger partial charge in [-0.15, -0.1) is 0 Å². The minimum Gasteiger partial charge on any atom is -0.497 e. The van der Waals surface area contributed by atoms with Gasteiger partial charge in [-0.1, -0.05) is 24.3 Å². The van der Waals surface area contributed by atoms with Crippen molar-refractivity contribution < 1.29 is 9.47 Å². The van der Waals surface area contributed by atoms with Gasteiger partial charge in [0.05, 0.1) is 14.2 Å². The van der Waals surface area contributed by atoms with E-state index in [1.165, 1.54) is 16.7 Å². The third-order valence-corrected chi connectivity index (χ3v) is 4.34. The summed E-state index contributed by atoms with van der Waals surface area (Å²) in [7, 11) is 5.38. The predicted molar refractivity (Wildman–Crippen MR) is 84.2 cm³/mol. The molecule has 110 valence electrons. The van der Waals surface area contributed by atoms with E-state index in [2.05, 4.69) is 41.7 Å². The van der Waals surface area contributed by atoms with E-state index in [0.29, 0.717) is 5.92 Å². The summed E-state index contributed by atoms with van der Waals surface area (Å²) in [6, 6.07) is 15.0. The SMILES string of the molecule is CNC(c1cc(OC)cc(OC)c1)C1Cc2ccccc21. The van der Waals surface area contributed by atoms with Gasteiger partial charge in [0.2, 0.25) is 0 Å². The fourth-order valence-electron chi connectivity index (χ4n) is 3.20. The van der Waals surface area contributed by atoms with Gasteiger partial charge < -0.3 is 14.8 Å². The Morgan fingerprint density at radius 2 is 1.71 bits per heavy atom. The molecule has 0 bridgehead atoms. The lowest BCUT2D eigenvalue weighted by atomic mass is 9.72. The largest absolute Gasteiger partial charge is 0.497 e. The normalized spacial score (nSPS) is 17.6. The zero-order valence-electron chi connectivity index (χ0n) is 12.7. The van der Waals surface area contributed by atoms with Gasteiger partial charge in [-0.3, -0.25) is 0 Å². The molecule has 2 aromatic rings. The predicted octanol–water partition coefficient (Wildman–Crippen LogP) is 3.30. The van der Waals surface area contributed by atoms with E-state index in [4.69, 9.17) is 9.47 Å². The third kappa shape index (κ3) is 2.49. The highest BCUT2D eigenvalue weighted by Gasteiger charge is 2.33. The van der Waals surface area contributed by atoms with Crippen LogP contribution in [0.4, 0.5) is 0 Å². The van der Waals surface area contributed by atoms with Gasteiger partial charge in [0.1, 0.15) is 11.5 Å². The van der Waals surface area contributed by atoms with Crippen molar-refractivity contribution in [1.82, 2.24) is 5.32 Å². The quantitative estimate of drug-likeness (QED) is 0.913. The van der Waals surface area contributed by atoms with Crippen LogP contribution in [0.15, 0.2) is 42.5 Å². The molecule has 3 nitrogen and oxygen atoms in total. The van der Waals surface area contributed by atoms with Crippen molar-refractivity contribution in [1.29, 1.82) is 0 Å². The monoisotopic (exact) mass is 283 g/mol. The number of likely N-dealkylation sites (N-methyl/N-ethyl adjacent to an activating group) is 1. The molecule has 1 N–H and O–H groups in total. The van der Waals surface area contributed by atoms with Gasteiger partial charge >= 0.3 is 0 Å². The Hall–Kier alpha value is -2.00. The van der Waals surface area contributed by atoms with Crippen molar-refractivity contribution in [3.63, 3.8) is 0 Å². The summed E-state index contributed by atoms with van der Waals surface area (Å²) in [4.78, 5) is 0. The molecule has 0 heterocycles. The van der Waals surface area contributed by atoms with Crippen molar-refractivity contribution in [2.75, 3.05) is 21.3 Å². The van der Waals surface area contributed by atoms with Gasteiger partial charge in [-0.2, -0.15) is 0 Å². The van der Waals surface area contributed by atoms with Crippen molar-refractivity contribution in [2.24, 2.45) is 0 Å². The summed E-state index contributed by atoms with van der Waals surface area (Å²) < 4.78 is 10.8. The fourth-order valence-corrected chi connectivity index (χ4v) is 3.20. The van der Waals surface area contributed by atoms with Crippen molar-refractivity contribution in [2.45, 2.75) is 18.4 Å². The van der Waals surface area contributed by atoms with Crippen molar-refractivity contribution in [3.05, 3.63) is 59.2 Å². The van der Waals surface area contributed by atoms with Crippen LogP contribution in [0.3, 0.4) is 0 Å². The third-order valence-electron chi connectivity index (χ3n) is 4.34. The first-order valence-corrected chi connectivity index (χ1v) is 7.25. The lowest BCUT2D eigenvalue weighted by Gasteiger charge is -2.37. The highest BCUT2D eigenvalue weighted by molar-refractivity contribution is 5.46. The smallest absolute Gasteiger partial charge is 0.122 e. The summed E-state index contributed by atoms with van der Waals surface area (Å²) in [5.41, 5.74) is 4.10. The second-order valence-corrected chi connectivity index (χ2v) is 5.42. The molecule has 2 unspecified atom stereocenters. The Morgan fingerprint density at radius 1 is 1.05 bits per heavy atom. The Balaban J connectivity index is 1.94. The second kappa shape index (κ2) is 5.78. The fraction of sp³-hybridized carbons (Fsp3) is 0.333. The zero-order valence-corrected chi connectivity index (χ0v) is 12.7. The van der Waals surface area contributed by atoms with Crippen LogP contribution in [0.2, 0.25) is 0 Å². The molecule has 0 aromatic heterocycles. The van der Waals surface area contributed by atoms with Crippen LogP contribution >= 0.6 is 0 Å². The minimum absolute atomic E-state index is 0.268. The average Bonchev–Trinajstić information content (AvgIpc) is 2.52. The minimum atomic E-state index is 0.268. The van der Waals surface area contributed by atoms with Crippen LogP contribution in [0.1, 0.15) is 28.7 Å². The molecule has 1 aliphatic rings. The van der Waals surface area contributed by atoms with Crippen LogP contribution in [-0.2, 0) is 6.42 Å². The summed E-state index contributed by atoms with van der Waals surface area (Å²) in [5.74, 6) is 2.16. The Bertz CT molecular complexity index is 617. The zero-order chi connectivity index (χ0) is 14.8. The molecule has 3 rings (SSSR count). The molecule has 3 heteroatoms. The maximum atomic E-state index is 5.39. The molecule has 0 saturated carbocycles. The van der Waals surface area contributed by atoms with Crippen molar-refractivity contribution in [3.8, 4) is 11.5 Å². The highest BCUT2D eigenvalue weighted by atomic mass is 16.5. The number of methoxy groups -OCH3 is 2. The average molecular weight is 283 g/mol. The van der Waals surface area contributed by atoms with Crippen molar-refractivity contribution >= 4 is 0 Å². The van der Waals surface area contributed by atoms with E-state index in [9.17, 15) is 0 Å². The van der Waals surface area contributed by atoms with Gasteiger partial charge in [-0.25, -0.2) is 0 Å². The molecule has 0 amide bonds. The van der Waals surface area contributed by atoms with Gasteiger partial charge in [0.15, 0.2) is 0 Å². The van der Waals surface area contributed by atoms with E-state index in [1.54, 1.807) is 14.2 Å². The second-order valence-electron chi connectivity index (χ2n) is 5.42. The van der Waals surface area contributed by atoms with Gasteiger partial charge in [0.25, 0.3) is 0 Å². The number of rotatable bonds is 5. The number of hydrogen-bond acceptors (Lipinski definition) is 3. The van der Waals surface area contributed by atoms with Gasteiger partial charge in [-0.05, 0) is 42.3 Å². The van der Waals surface area contributed by atoms with E-state index in [0.717, 1.165) is 17.9 Å². The first-order chi connectivity index (χ1) is 10.3. The number of nitrogens with one attached hydrogen (secondary N) is 1. The summed E-state index contributed by atoms with van der Waals surface area (Å²) >= 11 is 0. The Morgan fingerprint density at radius 3 is 2.29 bits per heavy atom. The molecular formula is C18H21NO2. The van der Waals surface area contributed by atoms with E-state index >= 15 is 0 Å². The highest BCUT2D eigenvalue weighted by Crippen LogP contribution is 2.44. The van der Waals surface area contributed by atoms with E-state index < -0.39 is 0 Å². The molecular weight excluding hydrogens is 262 g/mol. The lowest BCUT2D eigenvalue weighted by Crippen LogP contribution is -2.31. The van der Waals surface area contributed by atoms with Crippen LogP contribution in [0, 0.1) is 0 Å². The molecule has 0 saturated heterocycles. The number of fused-ring (bicyclic) bond motifs is 1. The molecule has 0 aliphatic heterocycles. The molecule has 0 spiro atoms. The molecule has 2 aromatic carbocycles. The molecule has 0 radical (unpaired) electrons. The first-order valence-electron chi connectivity index (χ1n) is 7.25. The maximum Gasteiger partial charge on any atom is 0.122 e.